The first-order valence-corrected chi connectivity index (χ1v) is 6.26. The molecule has 0 saturated carbocycles. The predicted octanol–water partition coefficient (Wildman–Crippen LogP) is 2.84. The van der Waals surface area contributed by atoms with Crippen molar-refractivity contribution in [1.29, 1.82) is 0 Å². The van der Waals surface area contributed by atoms with E-state index in [0.717, 1.165) is 23.4 Å². The Kier molecular flexibility index (Phi) is 4.23. The average molecular weight is 292 g/mol. The molecule has 0 unspecified atom stereocenters. The van der Waals surface area contributed by atoms with E-state index in [4.69, 9.17) is 0 Å². The van der Waals surface area contributed by atoms with Gasteiger partial charge in [-0.1, -0.05) is 6.07 Å². The third-order valence-electron chi connectivity index (χ3n) is 2.53. The number of halogens is 1. The summed E-state index contributed by atoms with van der Waals surface area (Å²) in [6.45, 7) is 3.67. The first-order valence-electron chi connectivity index (χ1n) is 5.47. The highest BCUT2D eigenvalue weighted by Gasteiger charge is 1.98. The van der Waals surface area contributed by atoms with E-state index in [0.29, 0.717) is 0 Å². The van der Waals surface area contributed by atoms with Crippen LogP contribution in [0.2, 0.25) is 0 Å². The van der Waals surface area contributed by atoms with Crippen molar-refractivity contribution in [1.82, 2.24) is 15.3 Å². The third-order valence-corrected chi connectivity index (χ3v) is 2.97. The van der Waals surface area contributed by atoms with Crippen LogP contribution in [-0.4, -0.2) is 9.97 Å². The molecule has 4 heteroatoms. The fourth-order valence-electron chi connectivity index (χ4n) is 1.57. The summed E-state index contributed by atoms with van der Waals surface area (Å²) < 4.78 is 0.872. The molecule has 0 atom stereocenters. The molecule has 2 aromatic heterocycles. The Morgan fingerprint density at radius 3 is 2.88 bits per heavy atom. The van der Waals surface area contributed by atoms with Gasteiger partial charge in [-0.15, -0.1) is 0 Å². The summed E-state index contributed by atoms with van der Waals surface area (Å²) in [5.74, 6) is 0. The maximum Gasteiger partial charge on any atom is 0.106 e. The van der Waals surface area contributed by atoms with Crippen LogP contribution in [0.15, 0.2) is 41.3 Å². The van der Waals surface area contributed by atoms with Gasteiger partial charge in [-0.3, -0.25) is 4.98 Å². The molecular weight excluding hydrogens is 278 g/mol. The van der Waals surface area contributed by atoms with E-state index in [2.05, 4.69) is 38.1 Å². The molecule has 88 valence electrons. The molecule has 0 aromatic carbocycles. The Labute approximate surface area is 109 Å². The molecule has 1 N–H and O–H groups in total. The number of hydrogen-bond donors (Lipinski definition) is 1. The number of pyridine rings is 2. The largest absolute Gasteiger partial charge is 0.307 e. The van der Waals surface area contributed by atoms with Crippen molar-refractivity contribution in [3.8, 4) is 0 Å². The molecule has 0 bridgehead atoms. The number of aryl methyl sites for hydroxylation is 1. The summed E-state index contributed by atoms with van der Waals surface area (Å²) in [6.07, 6.45) is 3.70. The van der Waals surface area contributed by atoms with E-state index in [1.54, 1.807) is 0 Å². The topological polar surface area (TPSA) is 37.8 Å². The summed E-state index contributed by atoms with van der Waals surface area (Å²) in [5, 5.41) is 3.37. The fourth-order valence-corrected chi connectivity index (χ4v) is 1.95. The zero-order valence-corrected chi connectivity index (χ0v) is 11.2. The summed E-state index contributed by atoms with van der Waals surface area (Å²) in [6, 6.07) is 7.97. The van der Waals surface area contributed by atoms with Gasteiger partial charge in [0.2, 0.25) is 0 Å². The molecule has 0 aliphatic rings. The molecule has 0 saturated heterocycles. The summed E-state index contributed by atoms with van der Waals surface area (Å²) in [4.78, 5) is 8.45. The van der Waals surface area contributed by atoms with E-state index in [1.165, 1.54) is 11.1 Å². The van der Waals surface area contributed by atoms with Crippen LogP contribution >= 0.6 is 15.9 Å². The molecule has 0 aliphatic carbocycles. The zero-order chi connectivity index (χ0) is 12.1. The standard InChI is InChI=1S/C13H14BrN3/c1-10-7-15-6-5-11(10)8-16-9-12-3-2-4-13(14)17-12/h2-7,16H,8-9H2,1H3. The summed E-state index contributed by atoms with van der Waals surface area (Å²) >= 11 is 3.36. The highest BCUT2D eigenvalue weighted by Crippen LogP contribution is 2.07. The SMILES string of the molecule is Cc1cnccc1CNCc1cccc(Br)n1. The lowest BCUT2D eigenvalue weighted by Gasteiger charge is -2.07. The number of hydrogen-bond acceptors (Lipinski definition) is 3. The van der Waals surface area contributed by atoms with Crippen molar-refractivity contribution in [3.05, 3.63) is 58.1 Å². The van der Waals surface area contributed by atoms with E-state index in [-0.39, 0.29) is 0 Å². The highest BCUT2D eigenvalue weighted by atomic mass is 79.9. The predicted molar refractivity (Wildman–Crippen MR) is 71.5 cm³/mol. The Morgan fingerprint density at radius 1 is 1.24 bits per heavy atom. The van der Waals surface area contributed by atoms with Gasteiger partial charge in [0.15, 0.2) is 0 Å². The van der Waals surface area contributed by atoms with Gasteiger partial charge in [-0.25, -0.2) is 4.98 Å². The van der Waals surface area contributed by atoms with Crippen LogP contribution in [0, 0.1) is 6.92 Å². The van der Waals surface area contributed by atoms with Gasteiger partial charge in [0.05, 0.1) is 5.69 Å². The minimum absolute atomic E-state index is 0.765. The maximum absolute atomic E-state index is 4.37. The van der Waals surface area contributed by atoms with Gasteiger partial charge < -0.3 is 5.32 Å². The van der Waals surface area contributed by atoms with Gasteiger partial charge in [-0.05, 0) is 52.2 Å². The fraction of sp³-hybridized carbons (Fsp3) is 0.231. The van der Waals surface area contributed by atoms with Crippen LogP contribution < -0.4 is 5.32 Å². The van der Waals surface area contributed by atoms with Gasteiger partial charge in [-0.2, -0.15) is 0 Å². The average Bonchev–Trinajstić information content (AvgIpc) is 2.32. The molecule has 2 rings (SSSR count). The van der Waals surface area contributed by atoms with Crippen molar-refractivity contribution in [2.24, 2.45) is 0 Å². The molecule has 0 radical (unpaired) electrons. The Balaban J connectivity index is 1.90. The lowest BCUT2D eigenvalue weighted by atomic mass is 10.1. The maximum atomic E-state index is 4.37. The van der Waals surface area contributed by atoms with E-state index in [9.17, 15) is 0 Å². The molecule has 0 amide bonds. The molecule has 3 nitrogen and oxygen atoms in total. The van der Waals surface area contributed by atoms with Gasteiger partial charge >= 0.3 is 0 Å². The van der Waals surface area contributed by atoms with E-state index in [1.807, 2.05) is 36.7 Å². The quantitative estimate of drug-likeness (QED) is 0.881. The Bertz CT molecular complexity index is 500. The van der Waals surface area contributed by atoms with Crippen molar-refractivity contribution >= 4 is 15.9 Å². The zero-order valence-electron chi connectivity index (χ0n) is 9.65. The number of aromatic nitrogens is 2. The Morgan fingerprint density at radius 2 is 2.12 bits per heavy atom. The normalized spacial score (nSPS) is 10.5. The van der Waals surface area contributed by atoms with Crippen molar-refractivity contribution < 1.29 is 0 Å². The highest BCUT2D eigenvalue weighted by molar-refractivity contribution is 9.10. The molecule has 2 heterocycles. The van der Waals surface area contributed by atoms with E-state index < -0.39 is 0 Å². The van der Waals surface area contributed by atoms with Crippen LogP contribution in [0.1, 0.15) is 16.8 Å². The first-order chi connectivity index (χ1) is 8.25. The lowest BCUT2D eigenvalue weighted by Crippen LogP contribution is -2.14. The lowest BCUT2D eigenvalue weighted by molar-refractivity contribution is 0.675. The second kappa shape index (κ2) is 5.89. The van der Waals surface area contributed by atoms with Crippen LogP contribution in [0.4, 0.5) is 0 Å². The molecule has 2 aromatic rings. The summed E-state index contributed by atoms with van der Waals surface area (Å²) in [7, 11) is 0. The second-order valence-corrected chi connectivity index (χ2v) is 4.67. The number of nitrogens with zero attached hydrogens (tertiary/aromatic N) is 2. The van der Waals surface area contributed by atoms with Crippen LogP contribution in [-0.2, 0) is 13.1 Å². The van der Waals surface area contributed by atoms with Crippen molar-refractivity contribution in [2.45, 2.75) is 20.0 Å². The smallest absolute Gasteiger partial charge is 0.106 e. The molecular formula is C13H14BrN3. The number of nitrogens with one attached hydrogen (secondary N) is 1. The van der Waals surface area contributed by atoms with Crippen molar-refractivity contribution in [3.63, 3.8) is 0 Å². The number of rotatable bonds is 4. The van der Waals surface area contributed by atoms with E-state index >= 15 is 0 Å². The molecule has 0 spiro atoms. The van der Waals surface area contributed by atoms with Crippen LogP contribution in [0.3, 0.4) is 0 Å². The van der Waals surface area contributed by atoms with Crippen molar-refractivity contribution in [2.75, 3.05) is 0 Å². The molecule has 0 fully saturated rings. The Hall–Kier alpha value is -1.26. The van der Waals surface area contributed by atoms with Gasteiger partial charge in [0.25, 0.3) is 0 Å². The monoisotopic (exact) mass is 291 g/mol. The van der Waals surface area contributed by atoms with Gasteiger partial charge in [0.1, 0.15) is 4.60 Å². The van der Waals surface area contributed by atoms with Crippen LogP contribution in [0.25, 0.3) is 0 Å². The minimum atomic E-state index is 0.765. The van der Waals surface area contributed by atoms with Crippen LogP contribution in [0.5, 0.6) is 0 Å². The summed E-state index contributed by atoms with van der Waals surface area (Å²) in [5.41, 5.74) is 3.52. The molecule has 17 heavy (non-hydrogen) atoms. The second-order valence-electron chi connectivity index (χ2n) is 3.86. The molecule has 0 aliphatic heterocycles. The third kappa shape index (κ3) is 3.61. The van der Waals surface area contributed by atoms with Gasteiger partial charge in [0, 0.05) is 25.5 Å². The first kappa shape index (κ1) is 12.2. The minimum Gasteiger partial charge on any atom is -0.307 e.